The van der Waals surface area contributed by atoms with Gasteiger partial charge in [0.1, 0.15) is 6.10 Å². The molecule has 1 atom stereocenters. The number of nitrogens with one attached hydrogen (secondary N) is 2. The molecule has 152 valence electrons. The second kappa shape index (κ2) is 10.2. The van der Waals surface area contributed by atoms with Crippen molar-refractivity contribution in [2.24, 2.45) is 0 Å². The average Bonchev–Trinajstić information content (AvgIpc) is 2.79. The van der Waals surface area contributed by atoms with E-state index in [0.717, 1.165) is 16.7 Å². The molecular formula is C25H24N2O3. The van der Waals surface area contributed by atoms with Gasteiger partial charge in [0.25, 0.3) is 0 Å². The van der Waals surface area contributed by atoms with E-state index >= 15 is 0 Å². The SMILES string of the molecule is C=CC(=O)Nc1ccc(CCC(=O)Nc2cccc(C(O)c3ccccc3)c2)cc1. The lowest BCUT2D eigenvalue weighted by Crippen LogP contribution is -2.13. The highest BCUT2D eigenvalue weighted by molar-refractivity contribution is 5.98. The summed E-state index contributed by atoms with van der Waals surface area (Å²) in [6.07, 6.45) is 1.37. The Kier molecular flexibility index (Phi) is 7.14. The molecule has 0 radical (unpaired) electrons. The topological polar surface area (TPSA) is 78.4 Å². The molecule has 0 fully saturated rings. The molecule has 0 aliphatic heterocycles. The van der Waals surface area contributed by atoms with Crippen LogP contribution in [0.4, 0.5) is 11.4 Å². The third-order valence-electron chi connectivity index (χ3n) is 4.65. The van der Waals surface area contributed by atoms with E-state index in [1.165, 1.54) is 6.08 Å². The Labute approximate surface area is 176 Å². The van der Waals surface area contributed by atoms with Gasteiger partial charge in [-0.3, -0.25) is 9.59 Å². The van der Waals surface area contributed by atoms with Crippen molar-refractivity contribution in [3.63, 3.8) is 0 Å². The van der Waals surface area contributed by atoms with Crippen LogP contribution in [-0.2, 0) is 16.0 Å². The molecule has 30 heavy (non-hydrogen) atoms. The summed E-state index contributed by atoms with van der Waals surface area (Å²) in [6.45, 7) is 3.42. The first-order chi connectivity index (χ1) is 14.5. The van der Waals surface area contributed by atoms with E-state index in [1.807, 2.05) is 54.6 Å². The number of hydrogen-bond donors (Lipinski definition) is 3. The average molecular weight is 400 g/mol. The Morgan fingerprint density at radius 2 is 1.57 bits per heavy atom. The van der Waals surface area contributed by atoms with Gasteiger partial charge in [0.2, 0.25) is 11.8 Å². The number of aliphatic hydroxyl groups is 1. The summed E-state index contributed by atoms with van der Waals surface area (Å²) in [4.78, 5) is 23.7. The standard InChI is InChI=1S/C25H24N2O3/c1-2-23(28)26-21-14-11-18(12-15-21)13-16-24(29)27-22-10-6-9-20(17-22)25(30)19-7-4-3-5-8-19/h2-12,14-15,17,25,30H,1,13,16H2,(H,26,28)(H,27,29). The van der Waals surface area contributed by atoms with Crippen molar-refractivity contribution in [2.75, 3.05) is 10.6 Å². The molecule has 1 unspecified atom stereocenters. The number of rotatable bonds is 8. The monoisotopic (exact) mass is 400 g/mol. The maximum absolute atomic E-state index is 12.3. The first-order valence-electron chi connectivity index (χ1n) is 9.70. The third-order valence-corrected chi connectivity index (χ3v) is 4.65. The van der Waals surface area contributed by atoms with Crippen molar-refractivity contribution in [3.05, 3.63) is 108 Å². The van der Waals surface area contributed by atoms with Crippen LogP contribution in [0.1, 0.15) is 29.2 Å². The molecule has 0 spiro atoms. The fourth-order valence-electron chi connectivity index (χ4n) is 3.04. The van der Waals surface area contributed by atoms with Gasteiger partial charge >= 0.3 is 0 Å². The van der Waals surface area contributed by atoms with Gasteiger partial charge in [0, 0.05) is 17.8 Å². The van der Waals surface area contributed by atoms with Gasteiger partial charge in [-0.15, -0.1) is 0 Å². The Balaban J connectivity index is 1.55. The summed E-state index contributed by atoms with van der Waals surface area (Å²) in [5, 5.41) is 16.1. The number of benzene rings is 3. The van der Waals surface area contributed by atoms with Crippen LogP contribution < -0.4 is 10.6 Å². The molecule has 0 aliphatic carbocycles. The van der Waals surface area contributed by atoms with Crippen molar-refractivity contribution in [3.8, 4) is 0 Å². The number of hydrogen-bond acceptors (Lipinski definition) is 3. The van der Waals surface area contributed by atoms with Gasteiger partial charge in [-0.25, -0.2) is 0 Å². The van der Waals surface area contributed by atoms with Crippen LogP contribution in [0.5, 0.6) is 0 Å². The van der Waals surface area contributed by atoms with Crippen molar-refractivity contribution in [1.29, 1.82) is 0 Å². The smallest absolute Gasteiger partial charge is 0.247 e. The van der Waals surface area contributed by atoms with Crippen molar-refractivity contribution < 1.29 is 14.7 Å². The lowest BCUT2D eigenvalue weighted by Gasteiger charge is -2.13. The zero-order valence-corrected chi connectivity index (χ0v) is 16.5. The number of carbonyl (C=O) groups excluding carboxylic acids is 2. The first-order valence-corrected chi connectivity index (χ1v) is 9.70. The summed E-state index contributed by atoms with van der Waals surface area (Å²) in [7, 11) is 0. The molecule has 0 saturated heterocycles. The Morgan fingerprint density at radius 3 is 2.27 bits per heavy atom. The minimum absolute atomic E-state index is 0.106. The molecule has 3 aromatic rings. The molecule has 5 heteroatoms. The van der Waals surface area contributed by atoms with Crippen molar-refractivity contribution >= 4 is 23.2 Å². The normalized spacial score (nSPS) is 11.4. The molecule has 3 rings (SSSR count). The number of amides is 2. The fourth-order valence-corrected chi connectivity index (χ4v) is 3.04. The second-order valence-corrected chi connectivity index (χ2v) is 6.88. The summed E-state index contributed by atoms with van der Waals surface area (Å²) >= 11 is 0. The molecular weight excluding hydrogens is 376 g/mol. The fraction of sp³-hybridized carbons (Fsp3) is 0.120. The zero-order chi connectivity index (χ0) is 21.3. The largest absolute Gasteiger partial charge is 0.384 e. The van der Waals surface area contributed by atoms with Crippen LogP contribution in [0.3, 0.4) is 0 Å². The van der Waals surface area contributed by atoms with Crippen molar-refractivity contribution in [1.82, 2.24) is 0 Å². The van der Waals surface area contributed by atoms with E-state index in [4.69, 9.17) is 0 Å². The zero-order valence-electron chi connectivity index (χ0n) is 16.5. The van der Waals surface area contributed by atoms with Crippen LogP contribution >= 0.6 is 0 Å². The van der Waals surface area contributed by atoms with E-state index in [0.29, 0.717) is 24.2 Å². The van der Waals surface area contributed by atoms with E-state index in [1.54, 1.807) is 24.3 Å². The summed E-state index contributed by atoms with van der Waals surface area (Å²) < 4.78 is 0. The van der Waals surface area contributed by atoms with E-state index in [2.05, 4.69) is 17.2 Å². The van der Waals surface area contributed by atoms with Gasteiger partial charge in [-0.05, 0) is 53.5 Å². The van der Waals surface area contributed by atoms with Gasteiger partial charge in [0.15, 0.2) is 0 Å². The maximum atomic E-state index is 12.3. The highest BCUT2D eigenvalue weighted by Crippen LogP contribution is 2.24. The van der Waals surface area contributed by atoms with Crippen LogP contribution in [-0.4, -0.2) is 16.9 Å². The Hall–Kier alpha value is -3.70. The number of aryl methyl sites for hydroxylation is 1. The van der Waals surface area contributed by atoms with Crippen molar-refractivity contribution in [2.45, 2.75) is 18.9 Å². The van der Waals surface area contributed by atoms with E-state index in [9.17, 15) is 14.7 Å². The molecule has 5 nitrogen and oxygen atoms in total. The highest BCUT2D eigenvalue weighted by Gasteiger charge is 2.11. The quantitative estimate of drug-likeness (QED) is 0.489. The molecule has 0 aromatic heterocycles. The van der Waals surface area contributed by atoms with E-state index < -0.39 is 6.10 Å². The van der Waals surface area contributed by atoms with E-state index in [-0.39, 0.29) is 11.8 Å². The molecule has 0 aliphatic rings. The van der Waals surface area contributed by atoms with Gasteiger partial charge in [-0.1, -0.05) is 61.2 Å². The number of anilines is 2. The molecule has 0 saturated carbocycles. The first kappa shape index (κ1) is 21.0. The Bertz CT molecular complexity index is 1010. The molecule has 3 N–H and O–H groups in total. The summed E-state index contributed by atoms with van der Waals surface area (Å²) in [6, 6.07) is 24.0. The summed E-state index contributed by atoms with van der Waals surface area (Å²) in [5.41, 5.74) is 3.84. The molecule has 0 bridgehead atoms. The lowest BCUT2D eigenvalue weighted by atomic mass is 10.0. The van der Waals surface area contributed by atoms with Crippen LogP contribution in [0.15, 0.2) is 91.5 Å². The molecule has 2 amide bonds. The van der Waals surface area contributed by atoms with Gasteiger partial charge in [0.05, 0.1) is 0 Å². The number of aliphatic hydroxyl groups excluding tert-OH is 1. The van der Waals surface area contributed by atoms with Gasteiger partial charge in [-0.2, -0.15) is 0 Å². The van der Waals surface area contributed by atoms with Crippen LogP contribution in [0.25, 0.3) is 0 Å². The minimum atomic E-state index is -0.747. The Morgan fingerprint density at radius 1 is 0.867 bits per heavy atom. The lowest BCUT2D eigenvalue weighted by molar-refractivity contribution is -0.116. The highest BCUT2D eigenvalue weighted by atomic mass is 16.3. The van der Waals surface area contributed by atoms with Gasteiger partial charge < -0.3 is 15.7 Å². The minimum Gasteiger partial charge on any atom is -0.384 e. The predicted molar refractivity (Wildman–Crippen MR) is 119 cm³/mol. The second-order valence-electron chi connectivity index (χ2n) is 6.88. The predicted octanol–water partition coefficient (Wildman–Crippen LogP) is 4.46. The maximum Gasteiger partial charge on any atom is 0.247 e. The summed E-state index contributed by atoms with van der Waals surface area (Å²) in [5.74, 6) is -0.368. The molecule has 0 heterocycles. The van der Waals surface area contributed by atoms with Crippen LogP contribution in [0.2, 0.25) is 0 Å². The molecule has 3 aromatic carbocycles. The number of carbonyl (C=O) groups is 2. The third kappa shape index (κ3) is 5.90. The van der Waals surface area contributed by atoms with Crippen LogP contribution in [0, 0.1) is 0 Å².